The van der Waals surface area contributed by atoms with E-state index < -0.39 is 6.04 Å². The van der Waals surface area contributed by atoms with Crippen molar-refractivity contribution in [3.63, 3.8) is 0 Å². The Kier molecular flexibility index (Phi) is 6.59. The summed E-state index contributed by atoms with van der Waals surface area (Å²) in [5.74, 6) is 0.872. The third-order valence-electron chi connectivity index (χ3n) is 5.70. The molecule has 176 valence electrons. The molecule has 2 aromatic carbocycles. The number of carbonyl (C=O) groups is 1. The zero-order chi connectivity index (χ0) is 23.5. The fraction of sp³-hybridized carbons (Fsp3) is 0.333. The number of ether oxygens (including phenoxy) is 2. The van der Waals surface area contributed by atoms with Crippen LogP contribution in [0.2, 0.25) is 0 Å². The predicted molar refractivity (Wildman–Crippen MR) is 131 cm³/mol. The number of fused-ring (bicyclic) bond motifs is 1. The van der Waals surface area contributed by atoms with Gasteiger partial charge in [-0.1, -0.05) is 6.07 Å². The molecule has 0 bridgehead atoms. The maximum Gasteiger partial charge on any atom is 0.331 e. The molecule has 10 heteroatoms. The van der Waals surface area contributed by atoms with Crippen molar-refractivity contribution in [1.29, 1.82) is 0 Å². The summed E-state index contributed by atoms with van der Waals surface area (Å²) >= 11 is 1.51. The van der Waals surface area contributed by atoms with Crippen LogP contribution in [0.5, 0.6) is 5.75 Å². The molecular weight excluding hydrogens is 457 g/mol. The molecule has 0 radical (unpaired) electrons. The number of hydrogen-bond acceptors (Lipinski definition) is 9. The van der Waals surface area contributed by atoms with E-state index in [0.717, 1.165) is 41.9 Å². The number of carbonyl (C=O) groups excluding carboxylic acids is 1. The molecule has 2 aliphatic heterocycles. The van der Waals surface area contributed by atoms with E-state index in [1.54, 1.807) is 18.3 Å². The maximum atomic E-state index is 13.5. The third kappa shape index (κ3) is 4.97. The van der Waals surface area contributed by atoms with Crippen LogP contribution < -0.4 is 15.4 Å². The number of nitrogens with zero attached hydrogens (tertiary/aromatic N) is 3. The number of methoxy groups -OCH3 is 1. The molecule has 3 aromatic rings. The molecule has 3 heterocycles. The van der Waals surface area contributed by atoms with Gasteiger partial charge in [-0.25, -0.2) is 19.2 Å². The van der Waals surface area contributed by atoms with Gasteiger partial charge in [-0.05, 0) is 50.2 Å². The second kappa shape index (κ2) is 9.94. The summed E-state index contributed by atoms with van der Waals surface area (Å²) in [6, 6.07) is 9.45. The van der Waals surface area contributed by atoms with Crippen molar-refractivity contribution >= 4 is 45.3 Å². The van der Waals surface area contributed by atoms with E-state index in [1.807, 2.05) is 12.1 Å². The molecule has 8 nitrogen and oxygen atoms in total. The van der Waals surface area contributed by atoms with Crippen molar-refractivity contribution in [3.8, 4) is 5.75 Å². The number of halogens is 1. The Morgan fingerprint density at radius 2 is 2.09 bits per heavy atom. The molecule has 0 saturated carbocycles. The van der Waals surface area contributed by atoms with Crippen LogP contribution in [-0.4, -0.2) is 59.1 Å². The van der Waals surface area contributed by atoms with Gasteiger partial charge in [-0.2, -0.15) is 0 Å². The number of thioether (sulfide) groups is 1. The lowest BCUT2D eigenvalue weighted by Crippen LogP contribution is -2.34. The molecule has 1 aromatic heterocycles. The lowest BCUT2D eigenvalue weighted by atomic mass is 10.1. The number of anilines is 2. The summed E-state index contributed by atoms with van der Waals surface area (Å²) in [4.78, 5) is 25.6. The number of hydrogen-bond donors (Lipinski definition) is 2. The molecule has 1 fully saturated rings. The first-order chi connectivity index (χ1) is 16.6. The summed E-state index contributed by atoms with van der Waals surface area (Å²) in [7, 11) is 1.37. The van der Waals surface area contributed by atoms with Crippen LogP contribution in [0.15, 0.2) is 47.6 Å². The van der Waals surface area contributed by atoms with E-state index in [2.05, 4.69) is 25.6 Å². The minimum atomic E-state index is -0.526. The lowest BCUT2D eigenvalue weighted by molar-refractivity contribution is -0.141. The quantitative estimate of drug-likeness (QED) is 0.515. The monoisotopic (exact) mass is 481 g/mol. The van der Waals surface area contributed by atoms with Gasteiger partial charge in [0.05, 0.1) is 12.6 Å². The second-order valence-electron chi connectivity index (χ2n) is 8.09. The van der Waals surface area contributed by atoms with Gasteiger partial charge in [-0.3, -0.25) is 4.99 Å². The molecule has 2 aliphatic rings. The van der Waals surface area contributed by atoms with Crippen LogP contribution >= 0.6 is 11.8 Å². The van der Waals surface area contributed by atoms with Gasteiger partial charge in [0.2, 0.25) is 5.95 Å². The highest BCUT2D eigenvalue weighted by molar-refractivity contribution is 8.14. The average molecular weight is 482 g/mol. The van der Waals surface area contributed by atoms with Gasteiger partial charge >= 0.3 is 5.97 Å². The second-order valence-corrected chi connectivity index (χ2v) is 9.10. The summed E-state index contributed by atoms with van der Waals surface area (Å²) in [5, 5.41) is 7.93. The number of aliphatic imine (C=N–C) groups is 1. The van der Waals surface area contributed by atoms with Crippen LogP contribution in [0, 0.1) is 5.82 Å². The number of aromatic nitrogens is 2. The van der Waals surface area contributed by atoms with E-state index in [4.69, 9.17) is 9.47 Å². The third-order valence-corrected chi connectivity index (χ3v) is 6.78. The van der Waals surface area contributed by atoms with E-state index in [1.165, 1.54) is 31.0 Å². The van der Waals surface area contributed by atoms with Gasteiger partial charge in [0, 0.05) is 34.7 Å². The first-order valence-electron chi connectivity index (χ1n) is 11.1. The van der Waals surface area contributed by atoms with Crippen molar-refractivity contribution in [3.05, 3.63) is 54.0 Å². The normalized spacial score (nSPS) is 18.5. The Morgan fingerprint density at radius 1 is 1.24 bits per heavy atom. The minimum Gasteiger partial charge on any atom is -0.490 e. The topological polar surface area (TPSA) is 97.7 Å². The zero-order valence-electron chi connectivity index (χ0n) is 18.6. The van der Waals surface area contributed by atoms with Crippen molar-refractivity contribution in [2.24, 2.45) is 4.99 Å². The van der Waals surface area contributed by atoms with Gasteiger partial charge in [0.15, 0.2) is 6.04 Å². The number of esters is 1. The Labute approximate surface area is 200 Å². The van der Waals surface area contributed by atoms with Crippen molar-refractivity contribution in [2.45, 2.75) is 25.0 Å². The van der Waals surface area contributed by atoms with Crippen LogP contribution in [-0.2, 0) is 9.53 Å². The molecular formula is C24H24FN5O3S. The zero-order valence-corrected chi connectivity index (χ0v) is 19.4. The van der Waals surface area contributed by atoms with Gasteiger partial charge in [-0.15, -0.1) is 11.8 Å². The first kappa shape index (κ1) is 22.5. The van der Waals surface area contributed by atoms with Gasteiger partial charge in [0.25, 0.3) is 0 Å². The maximum absolute atomic E-state index is 13.5. The standard InChI is InChI=1S/C24H24FN5O3S/c1-32-23(31)20-13-34-22(29-20)18-9-14-12-27-24(28-16-4-2-3-15(25)10-16)30-19(14)11-21(18)33-17-5-7-26-8-6-17/h2-4,9-12,17,20,26H,5-8,13H2,1H3,(H,27,28,30). The van der Waals surface area contributed by atoms with Crippen LogP contribution in [0.4, 0.5) is 16.0 Å². The largest absolute Gasteiger partial charge is 0.490 e. The molecule has 1 atom stereocenters. The summed E-state index contributed by atoms with van der Waals surface area (Å²) < 4.78 is 24.8. The number of benzene rings is 2. The SMILES string of the molecule is COC(=O)C1CSC(c2cc3cnc(Nc4cccc(F)c4)nc3cc2OC2CCNCC2)=N1. The van der Waals surface area contributed by atoms with Crippen molar-refractivity contribution in [1.82, 2.24) is 15.3 Å². The highest BCUT2D eigenvalue weighted by Gasteiger charge is 2.29. The van der Waals surface area contributed by atoms with Gasteiger partial charge < -0.3 is 20.1 Å². The molecule has 1 unspecified atom stereocenters. The van der Waals surface area contributed by atoms with Crippen LogP contribution in [0.1, 0.15) is 18.4 Å². The molecule has 0 amide bonds. The Balaban J connectivity index is 1.50. The number of piperidine rings is 1. The van der Waals surface area contributed by atoms with E-state index >= 15 is 0 Å². The molecule has 5 rings (SSSR count). The fourth-order valence-corrected chi connectivity index (χ4v) is 4.99. The molecule has 2 N–H and O–H groups in total. The number of rotatable bonds is 6. The number of nitrogens with one attached hydrogen (secondary N) is 2. The Bertz CT molecular complexity index is 1250. The smallest absolute Gasteiger partial charge is 0.331 e. The predicted octanol–water partition coefficient (Wildman–Crippen LogP) is 3.68. The van der Waals surface area contributed by atoms with Crippen molar-refractivity contribution in [2.75, 3.05) is 31.3 Å². The Morgan fingerprint density at radius 3 is 2.88 bits per heavy atom. The van der Waals surface area contributed by atoms with E-state index in [9.17, 15) is 9.18 Å². The van der Waals surface area contributed by atoms with Crippen LogP contribution in [0.25, 0.3) is 10.9 Å². The fourth-order valence-electron chi connectivity index (χ4n) is 3.95. The van der Waals surface area contributed by atoms with Gasteiger partial charge in [0.1, 0.15) is 22.7 Å². The molecule has 1 saturated heterocycles. The van der Waals surface area contributed by atoms with E-state index in [-0.39, 0.29) is 17.9 Å². The lowest BCUT2D eigenvalue weighted by Gasteiger charge is -2.25. The molecule has 0 spiro atoms. The average Bonchev–Trinajstić information content (AvgIpc) is 3.34. The first-order valence-corrected chi connectivity index (χ1v) is 12.1. The Hall–Kier alpha value is -3.24. The minimum absolute atomic E-state index is 0.0765. The highest BCUT2D eigenvalue weighted by atomic mass is 32.2. The molecule has 0 aliphatic carbocycles. The summed E-state index contributed by atoms with van der Waals surface area (Å²) in [5.41, 5.74) is 2.07. The highest BCUT2D eigenvalue weighted by Crippen LogP contribution is 2.34. The summed E-state index contributed by atoms with van der Waals surface area (Å²) in [6.07, 6.45) is 3.59. The van der Waals surface area contributed by atoms with E-state index in [0.29, 0.717) is 28.7 Å². The molecule has 34 heavy (non-hydrogen) atoms. The summed E-state index contributed by atoms with van der Waals surface area (Å²) in [6.45, 7) is 1.80. The van der Waals surface area contributed by atoms with Crippen molar-refractivity contribution < 1.29 is 18.7 Å². The van der Waals surface area contributed by atoms with Crippen LogP contribution in [0.3, 0.4) is 0 Å².